The van der Waals surface area contributed by atoms with Gasteiger partial charge < -0.3 is 0 Å². The van der Waals surface area contributed by atoms with E-state index in [0.29, 0.717) is 6.20 Å². The van der Waals surface area contributed by atoms with Crippen molar-refractivity contribution in [3.8, 4) is 0 Å². The van der Waals surface area contributed by atoms with Crippen LogP contribution in [0.3, 0.4) is 0 Å². The monoisotopic (exact) mass is 217 g/mol. The minimum Gasteiger partial charge on any atom is -0.223 e. The summed E-state index contributed by atoms with van der Waals surface area (Å²) in [5.74, 6) is -3.19. The minimum absolute atomic E-state index is 0.122. The average molecular weight is 217 g/mol. The van der Waals surface area contributed by atoms with E-state index in [1.165, 1.54) is 0 Å². The highest BCUT2D eigenvalue weighted by atomic mass is 28.2. The smallest absolute Gasteiger partial charge is 0.223 e. The van der Waals surface area contributed by atoms with Gasteiger partial charge in [0.1, 0.15) is 5.82 Å². The van der Waals surface area contributed by atoms with Crippen molar-refractivity contribution < 1.29 is 13.2 Å². The summed E-state index contributed by atoms with van der Waals surface area (Å²) in [6.45, 7) is 5.51. The Balaban J connectivity index is 3.13. The van der Waals surface area contributed by atoms with Crippen LogP contribution in [0.25, 0.3) is 0 Å². The van der Waals surface area contributed by atoms with E-state index in [4.69, 9.17) is 0 Å². The van der Waals surface area contributed by atoms with Crippen molar-refractivity contribution in [1.29, 1.82) is 0 Å². The summed E-state index contributed by atoms with van der Waals surface area (Å²) in [6, 6.07) is 0. The molecule has 14 heavy (non-hydrogen) atoms. The summed E-state index contributed by atoms with van der Waals surface area (Å²) in [6.07, 6.45) is 0.715. The van der Waals surface area contributed by atoms with E-state index in [1.807, 2.05) is 20.8 Å². The molecule has 1 heterocycles. The number of aromatic nitrogens is 1. The van der Waals surface area contributed by atoms with Gasteiger partial charge in [-0.2, -0.15) is 4.39 Å². The Morgan fingerprint density at radius 2 is 1.79 bits per heavy atom. The second kappa shape index (κ2) is 3.72. The molecule has 76 valence electrons. The molecule has 0 fully saturated rings. The first-order valence-corrected chi connectivity index (χ1v) is 5.09. The molecule has 0 spiro atoms. The Morgan fingerprint density at radius 1 is 1.21 bits per heavy atom. The van der Waals surface area contributed by atoms with E-state index in [1.54, 1.807) is 0 Å². The Labute approximate surface area is 83.2 Å². The van der Waals surface area contributed by atoms with E-state index in [0.717, 1.165) is 0 Å². The van der Waals surface area contributed by atoms with Crippen LogP contribution in [0.1, 0.15) is 20.8 Å². The normalized spacial score (nSPS) is 11.9. The lowest BCUT2D eigenvalue weighted by Gasteiger charge is -2.17. The number of hydrogen-bond acceptors (Lipinski definition) is 1. The van der Waals surface area contributed by atoms with Gasteiger partial charge in [0.25, 0.3) is 0 Å². The molecule has 0 amide bonds. The van der Waals surface area contributed by atoms with Gasteiger partial charge in [0.2, 0.25) is 5.95 Å². The molecule has 0 aliphatic rings. The van der Waals surface area contributed by atoms with Gasteiger partial charge in [0.15, 0.2) is 5.82 Å². The number of halogens is 3. The molecular weight excluding hydrogens is 207 g/mol. The van der Waals surface area contributed by atoms with E-state index >= 15 is 0 Å². The van der Waals surface area contributed by atoms with Crippen LogP contribution >= 0.6 is 0 Å². The van der Waals surface area contributed by atoms with Crippen molar-refractivity contribution in [2.24, 2.45) is 0 Å². The van der Waals surface area contributed by atoms with Crippen molar-refractivity contribution in [2.45, 2.75) is 25.8 Å². The van der Waals surface area contributed by atoms with Gasteiger partial charge in [-0.05, 0) is 5.04 Å². The molecule has 1 aromatic heterocycles. The van der Waals surface area contributed by atoms with Crippen LogP contribution in [-0.2, 0) is 0 Å². The SMILES string of the molecule is CC(C)(C)[Si]c1c(F)cnc(F)c1F. The van der Waals surface area contributed by atoms with E-state index in [-0.39, 0.29) is 19.7 Å². The Kier molecular flexibility index (Phi) is 2.99. The lowest BCUT2D eigenvalue weighted by molar-refractivity contribution is 0.471. The number of rotatable bonds is 1. The lowest BCUT2D eigenvalue weighted by atomic mass is 10.2. The van der Waals surface area contributed by atoms with Gasteiger partial charge >= 0.3 is 0 Å². The van der Waals surface area contributed by atoms with Gasteiger partial charge in [-0.3, -0.25) is 0 Å². The zero-order valence-corrected chi connectivity index (χ0v) is 9.16. The quantitative estimate of drug-likeness (QED) is 0.518. The molecule has 1 rings (SSSR count). The maximum Gasteiger partial charge on any atom is 0.248 e. The molecule has 2 radical (unpaired) electrons. The fourth-order valence-electron chi connectivity index (χ4n) is 0.932. The second-order valence-electron chi connectivity index (χ2n) is 3.96. The van der Waals surface area contributed by atoms with Crippen LogP contribution in [0, 0.1) is 17.6 Å². The van der Waals surface area contributed by atoms with Gasteiger partial charge in [-0.15, -0.1) is 0 Å². The van der Waals surface area contributed by atoms with Gasteiger partial charge in [-0.25, -0.2) is 13.8 Å². The third kappa shape index (κ3) is 2.57. The highest BCUT2D eigenvalue weighted by Crippen LogP contribution is 2.20. The van der Waals surface area contributed by atoms with Crippen LogP contribution in [0.15, 0.2) is 6.20 Å². The summed E-state index contributed by atoms with van der Waals surface area (Å²) < 4.78 is 38.9. The molecule has 0 saturated heterocycles. The van der Waals surface area contributed by atoms with E-state index < -0.39 is 17.6 Å². The average Bonchev–Trinajstić information content (AvgIpc) is 2.04. The van der Waals surface area contributed by atoms with Crippen LogP contribution in [-0.4, -0.2) is 14.5 Å². The Bertz CT molecular complexity index is 347. The first-order valence-electron chi connectivity index (χ1n) is 4.09. The molecule has 0 atom stereocenters. The standard InChI is InChI=1S/C9H10F3NSi/c1-9(2,3)14-7-5(10)4-13-8(12)6(7)11/h4H,1-3H3. The minimum atomic E-state index is -1.24. The topological polar surface area (TPSA) is 12.9 Å². The number of hydrogen-bond donors (Lipinski definition) is 0. The molecule has 0 unspecified atom stereocenters. The highest BCUT2D eigenvalue weighted by Gasteiger charge is 2.22. The highest BCUT2D eigenvalue weighted by molar-refractivity contribution is 6.56. The first-order chi connectivity index (χ1) is 6.31. The molecule has 0 aliphatic heterocycles. The number of nitrogens with zero attached hydrogens (tertiary/aromatic N) is 1. The molecule has 0 bridgehead atoms. The second-order valence-corrected chi connectivity index (χ2v) is 6.21. The largest absolute Gasteiger partial charge is 0.248 e. The molecule has 0 N–H and O–H groups in total. The van der Waals surface area contributed by atoms with Crippen LogP contribution in [0.5, 0.6) is 0 Å². The van der Waals surface area contributed by atoms with Crippen LogP contribution in [0.4, 0.5) is 13.2 Å². The van der Waals surface area contributed by atoms with Crippen molar-refractivity contribution >= 4 is 14.7 Å². The maximum atomic E-state index is 13.1. The molecule has 0 saturated carbocycles. The van der Waals surface area contributed by atoms with E-state index in [2.05, 4.69) is 4.98 Å². The van der Waals surface area contributed by atoms with Crippen molar-refractivity contribution in [2.75, 3.05) is 0 Å². The maximum absolute atomic E-state index is 13.1. The first kappa shape index (κ1) is 11.2. The molecule has 5 heteroatoms. The fourth-order valence-corrected chi connectivity index (χ4v) is 2.08. The Morgan fingerprint density at radius 3 is 2.29 bits per heavy atom. The third-order valence-electron chi connectivity index (χ3n) is 1.43. The number of pyridine rings is 1. The lowest BCUT2D eigenvalue weighted by Crippen LogP contribution is -2.30. The molecule has 0 aliphatic carbocycles. The zero-order valence-electron chi connectivity index (χ0n) is 8.16. The van der Waals surface area contributed by atoms with Gasteiger partial charge in [0, 0.05) is 5.19 Å². The van der Waals surface area contributed by atoms with Gasteiger partial charge in [0.05, 0.1) is 15.7 Å². The van der Waals surface area contributed by atoms with Crippen molar-refractivity contribution in [3.63, 3.8) is 0 Å². The summed E-state index contributed by atoms with van der Waals surface area (Å²) in [4.78, 5) is 2.96. The predicted molar refractivity (Wildman–Crippen MR) is 49.2 cm³/mol. The summed E-state index contributed by atoms with van der Waals surface area (Å²) in [5, 5.41) is -0.472. The fraction of sp³-hybridized carbons (Fsp3) is 0.444. The summed E-state index contributed by atoms with van der Waals surface area (Å²) in [5.41, 5.74) is 0. The predicted octanol–water partition coefficient (Wildman–Crippen LogP) is 2.05. The summed E-state index contributed by atoms with van der Waals surface area (Å²) in [7, 11) is -0.122. The molecule has 0 aromatic carbocycles. The van der Waals surface area contributed by atoms with Gasteiger partial charge in [-0.1, -0.05) is 20.8 Å². The third-order valence-corrected chi connectivity index (χ3v) is 2.89. The summed E-state index contributed by atoms with van der Waals surface area (Å²) >= 11 is 0. The Hall–Kier alpha value is -0.843. The van der Waals surface area contributed by atoms with Crippen LogP contribution in [0.2, 0.25) is 5.04 Å². The molecule has 1 nitrogen and oxygen atoms in total. The van der Waals surface area contributed by atoms with Crippen LogP contribution < -0.4 is 5.19 Å². The van der Waals surface area contributed by atoms with E-state index in [9.17, 15) is 13.2 Å². The zero-order chi connectivity index (χ0) is 10.9. The van der Waals surface area contributed by atoms with Crippen molar-refractivity contribution in [3.05, 3.63) is 23.8 Å². The molecular formula is C9H10F3NSi. The molecule has 1 aromatic rings. The van der Waals surface area contributed by atoms with Crippen molar-refractivity contribution in [1.82, 2.24) is 4.98 Å².